The minimum Gasteiger partial charge on any atom is -0.435 e. The van der Waals surface area contributed by atoms with E-state index in [1.54, 1.807) is 12.1 Å². The highest BCUT2D eigenvalue weighted by molar-refractivity contribution is 7.98. The van der Waals surface area contributed by atoms with Crippen molar-refractivity contribution < 1.29 is 13.5 Å². The molecule has 25 heavy (non-hydrogen) atoms. The zero-order valence-corrected chi connectivity index (χ0v) is 14.3. The van der Waals surface area contributed by atoms with E-state index in [0.717, 1.165) is 5.56 Å². The van der Waals surface area contributed by atoms with Crippen molar-refractivity contribution in [2.75, 3.05) is 5.84 Å². The van der Waals surface area contributed by atoms with Gasteiger partial charge in [-0.15, -0.1) is 10.2 Å². The fourth-order valence-corrected chi connectivity index (χ4v) is 3.26. The van der Waals surface area contributed by atoms with Crippen LogP contribution in [0, 0.1) is 0 Å². The van der Waals surface area contributed by atoms with Gasteiger partial charge in [0, 0.05) is 16.3 Å². The lowest BCUT2D eigenvalue weighted by atomic mass is 10.2. The number of halogens is 3. The summed E-state index contributed by atoms with van der Waals surface area (Å²) in [6.07, 6.45) is 0. The van der Waals surface area contributed by atoms with Crippen molar-refractivity contribution in [1.82, 2.24) is 14.9 Å². The lowest BCUT2D eigenvalue weighted by Crippen LogP contribution is -2.11. The topological polar surface area (TPSA) is 66.0 Å². The van der Waals surface area contributed by atoms with Gasteiger partial charge in [-0.2, -0.15) is 8.78 Å². The molecule has 0 aliphatic carbocycles. The Morgan fingerprint density at radius 1 is 1.12 bits per heavy atom. The molecule has 9 heteroatoms. The number of benzene rings is 2. The number of hydrogen-bond donors (Lipinski definition) is 1. The lowest BCUT2D eigenvalue weighted by molar-refractivity contribution is -0.0498. The molecule has 1 heterocycles. The number of thioether (sulfide) groups is 1. The maximum Gasteiger partial charge on any atom is 0.387 e. The molecule has 0 atom stereocenters. The summed E-state index contributed by atoms with van der Waals surface area (Å²) in [5.41, 5.74) is 1.61. The van der Waals surface area contributed by atoms with Gasteiger partial charge < -0.3 is 10.6 Å². The van der Waals surface area contributed by atoms with Gasteiger partial charge in [-0.1, -0.05) is 41.6 Å². The number of nitrogens with zero attached hydrogens (tertiary/aromatic N) is 3. The van der Waals surface area contributed by atoms with Gasteiger partial charge in [0.1, 0.15) is 5.75 Å². The van der Waals surface area contributed by atoms with E-state index < -0.39 is 6.61 Å². The van der Waals surface area contributed by atoms with Gasteiger partial charge in [0.2, 0.25) is 5.16 Å². The average molecular weight is 383 g/mol. The Kier molecular flexibility index (Phi) is 5.40. The number of ether oxygens (including phenoxy) is 1. The summed E-state index contributed by atoms with van der Waals surface area (Å²) in [7, 11) is 0. The van der Waals surface area contributed by atoms with Gasteiger partial charge in [0.05, 0.1) is 0 Å². The van der Waals surface area contributed by atoms with Crippen molar-refractivity contribution in [1.29, 1.82) is 0 Å². The van der Waals surface area contributed by atoms with E-state index in [4.69, 9.17) is 17.4 Å². The van der Waals surface area contributed by atoms with Crippen LogP contribution in [0.5, 0.6) is 5.75 Å². The predicted octanol–water partition coefficient (Wildman–Crippen LogP) is 4.21. The van der Waals surface area contributed by atoms with Gasteiger partial charge >= 0.3 is 6.61 Å². The highest BCUT2D eigenvalue weighted by atomic mass is 35.5. The molecule has 2 aromatic carbocycles. The van der Waals surface area contributed by atoms with Crippen LogP contribution in [-0.2, 0) is 5.75 Å². The highest BCUT2D eigenvalue weighted by Gasteiger charge is 2.13. The van der Waals surface area contributed by atoms with Gasteiger partial charge in [-0.05, 0) is 35.9 Å². The Morgan fingerprint density at radius 3 is 2.52 bits per heavy atom. The normalized spacial score (nSPS) is 11.0. The zero-order chi connectivity index (χ0) is 17.8. The summed E-state index contributed by atoms with van der Waals surface area (Å²) in [5.74, 6) is 7.12. The summed E-state index contributed by atoms with van der Waals surface area (Å²) in [5, 5.41) is 9.31. The molecule has 0 aliphatic heterocycles. The van der Waals surface area contributed by atoms with Crippen LogP contribution in [-0.4, -0.2) is 21.5 Å². The fourth-order valence-electron chi connectivity index (χ4n) is 2.12. The smallest absolute Gasteiger partial charge is 0.387 e. The van der Waals surface area contributed by atoms with Crippen molar-refractivity contribution in [3.05, 3.63) is 59.1 Å². The third kappa shape index (κ3) is 4.21. The lowest BCUT2D eigenvalue weighted by Gasteiger charge is -2.06. The van der Waals surface area contributed by atoms with Crippen LogP contribution >= 0.6 is 23.4 Å². The van der Waals surface area contributed by atoms with Gasteiger partial charge in [-0.25, -0.2) is 4.68 Å². The molecule has 0 saturated heterocycles. The van der Waals surface area contributed by atoms with E-state index >= 15 is 0 Å². The number of nitrogen functional groups attached to an aromatic ring is 1. The number of rotatable bonds is 6. The van der Waals surface area contributed by atoms with E-state index in [1.165, 1.54) is 28.6 Å². The summed E-state index contributed by atoms with van der Waals surface area (Å²) in [4.78, 5) is 0. The molecule has 5 nitrogen and oxygen atoms in total. The molecule has 130 valence electrons. The first-order valence-electron chi connectivity index (χ1n) is 7.16. The largest absolute Gasteiger partial charge is 0.435 e. The first-order chi connectivity index (χ1) is 12.0. The zero-order valence-electron chi connectivity index (χ0n) is 12.8. The fraction of sp³-hybridized carbons (Fsp3) is 0.125. The molecule has 3 rings (SSSR count). The van der Waals surface area contributed by atoms with E-state index in [0.29, 0.717) is 27.3 Å². The number of hydrogen-bond acceptors (Lipinski definition) is 5. The molecule has 0 radical (unpaired) electrons. The van der Waals surface area contributed by atoms with Crippen molar-refractivity contribution in [3.63, 3.8) is 0 Å². The molecular weight excluding hydrogens is 370 g/mol. The summed E-state index contributed by atoms with van der Waals surface area (Å²) in [6, 6.07) is 13.5. The minimum absolute atomic E-state index is 0.0650. The third-order valence-electron chi connectivity index (χ3n) is 3.32. The Morgan fingerprint density at radius 2 is 1.84 bits per heavy atom. The quantitative estimate of drug-likeness (QED) is 0.511. The Balaban J connectivity index is 1.73. The maximum atomic E-state index is 12.2. The van der Waals surface area contributed by atoms with E-state index in [2.05, 4.69) is 14.9 Å². The number of nitrogens with two attached hydrogens (primary N) is 1. The number of alkyl halides is 2. The summed E-state index contributed by atoms with van der Waals surface area (Å²) in [6.45, 7) is -2.86. The van der Waals surface area contributed by atoms with Crippen LogP contribution in [0.1, 0.15) is 5.56 Å². The molecule has 0 fully saturated rings. The average Bonchev–Trinajstić information content (AvgIpc) is 2.95. The van der Waals surface area contributed by atoms with Gasteiger partial charge in [0.25, 0.3) is 0 Å². The van der Waals surface area contributed by atoms with E-state index in [1.807, 2.05) is 24.3 Å². The van der Waals surface area contributed by atoms with Crippen molar-refractivity contribution in [3.8, 4) is 17.1 Å². The Hall–Kier alpha value is -2.32. The molecule has 0 unspecified atom stereocenters. The second kappa shape index (κ2) is 7.71. The first kappa shape index (κ1) is 17.5. The minimum atomic E-state index is -2.86. The number of aromatic nitrogens is 3. The SMILES string of the molecule is Nn1c(SCc2ccccc2Cl)nnc1-c1ccc(OC(F)F)cc1. The molecule has 1 aromatic heterocycles. The summed E-state index contributed by atoms with van der Waals surface area (Å²) >= 11 is 7.53. The van der Waals surface area contributed by atoms with Crippen molar-refractivity contribution >= 4 is 23.4 Å². The molecular formula is C16H13ClF2N4OS. The Labute approximate surface area is 151 Å². The molecule has 0 saturated carbocycles. The third-order valence-corrected chi connectivity index (χ3v) is 4.68. The van der Waals surface area contributed by atoms with Crippen LogP contribution in [0.15, 0.2) is 53.7 Å². The van der Waals surface area contributed by atoms with Crippen LogP contribution in [0.4, 0.5) is 8.78 Å². The molecule has 0 amide bonds. The van der Waals surface area contributed by atoms with Crippen LogP contribution < -0.4 is 10.6 Å². The first-order valence-corrected chi connectivity index (χ1v) is 8.53. The van der Waals surface area contributed by atoms with E-state index in [9.17, 15) is 8.78 Å². The molecule has 0 bridgehead atoms. The summed E-state index contributed by atoms with van der Waals surface area (Å²) < 4.78 is 30.0. The second-order valence-corrected chi connectivity index (χ2v) is 6.31. The van der Waals surface area contributed by atoms with Crippen LogP contribution in [0.25, 0.3) is 11.4 Å². The second-order valence-electron chi connectivity index (χ2n) is 4.96. The monoisotopic (exact) mass is 382 g/mol. The highest BCUT2D eigenvalue weighted by Crippen LogP contribution is 2.28. The molecule has 0 aliphatic rings. The van der Waals surface area contributed by atoms with Crippen molar-refractivity contribution in [2.45, 2.75) is 17.5 Å². The van der Waals surface area contributed by atoms with Crippen molar-refractivity contribution in [2.24, 2.45) is 0 Å². The molecule has 0 spiro atoms. The maximum absolute atomic E-state index is 12.2. The van der Waals surface area contributed by atoms with Gasteiger partial charge in [-0.3, -0.25) is 0 Å². The molecule has 2 N–H and O–H groups in total. The van der Waals surface area contributed by atoms with Crippen LogP contribution in [0.3, 0.4) is 0 Å². The van der Waals surface area contributed by atoms with Gasteiger partial charge in [0.15, 0.2) is 5.82 Å². The predicted molar refractivity (Wildman–Crippen MR) is 93.3 cm³/mol. The van der Waals surface area contributed by atoms with Crippen LogP contribution in [0.2, 0.25) is 5.02 Å². The van der Waals surface area contributed by atoms with E-state index in [-0.39, 0.29) is 5.75 Å². The standard InChI is InChI=1S/C16H13ClF2N4OS/c17-13-4-2-1-3-11(13)9-25-16-22-21-14(23(16)20)10-5-7-12(8-6-10)24-15(18)19/h1-8,15H,9,20H2. The molecule has 3 aromatic rings. The Bertz CT molecular complexity index is 858.